The third-order valence-corrected chi connectivity index (χ3v) is 3.10. The van der Waals surface area contributed by atoms with E-state index in [1.165, 1.54) is 0 Å². The fraction of sp³-hybridized carbons (Fsp3) is 0.750. The first kappa shape index (κ1) is 10.9. The molecule has 3 nitrogen and oxygen atoms in total. The smallest absolute Gasteiger partial charge is 0.254 e. The zero-order valence-electron chi connectivity index (χ0n) is 7.78. The van der Waals surface area contributed by atoms with Crippen molar-refractivity contribution in [3.8, 4) is 0 Å². The number of ether oxygens (including phenoxy) is 1. The van der Waals surface area contributed by atoms with Gasteiger partial charge in [-0.3, -0.25) is 4.79 Å². The Morgan fingerprint density at radius 1 is 1.69 bits per heavy atom. The Morgan fingerprint density at radius 3 is 3.08 bits per heavy atom. The van der Waals surface area contributed by atoms with Crippen molar-refractivity contribution in [1.82, 2.24) is 0 Å². The highest BCUT2D eigenvalue weighted by molar-refractivity contribution is 8.26. The van der Waals surface area contributed by atoms with E-state index in [2.05, 4.69) is 4.99 Å². The van der Waals surface area contributed by atoms with Crippen LogP contribution < -0.4 is 0 Å². The Morgan fingerprint density at radius 2 is 2.46 bits per heavy atom. The minimum Gasteiger partial charge on any atom is -0.473 e. The van der Waals surface area contributed by atoms with E-state index in [1.807, 2.05) is 13.2 Å². The molecule has 74 valence electrons. The number of carbonyl (C=O) groups is 1. The summed E-state index contributed by atoms with van der Waals surface area (Å²) in [6.07, 6.45) is 2.85. The lowest BCUT2D eigenvalue weighted by Crippen LogP contribution is -2.11. The van der Waals surface area contributed by atoms with E-state index < -0.39 is 0 Å². The zero-order valence-corrected chi connectivity index (χ0v) is 9.41. The molecule has 0 bridgehead atoms. The lowest BCUT2D eigenvalue weighted by Gasteiger charge is -2.00. The van der Waals surface area contributed by atoms with Crippen LogP contribution in [0.15, 0.2) is 4.99 Å². The SMILES string of the molecule is CCOC1=N[C@H](CCSC)C(=O)S1. The van der Waals surface area contributed by atoms with Gasteiger partial charge >= 0.3 is 0 Å². The van der Waals surface area contributed by atoms with Gasteiger partial charge in [-0.15, -0.1) is 0 Å². The second-order valence-electron chi connectivity index (χ2n) is 2.55. The summed E-state index contributed by atoms with van der Waals surface area (Å²) >= 11 is 2.86. The summed E-state index contributed by atoms with van der Waals surface area (Å²) in [5.74, 6) is 0.972. The minimum atomic E-state index is -0.168. The Balaban J connectivity index is 2.41. The van der Waals surface area contributed by atoms with Gasteiger partial charge in [-0.05, 0) is 25.4 Å². The molecule has 0 amide bonds. The maximum absolute atomic E-state index is 11.3. The number of hydrogen-bond acceptors (Lipinski definition) is 5. The Kier molecular flexibility index (Phi) is 4.66. The standard InChI is InChI=1S/C8H13NO2S2/c1-3-11-8-9-6(4-5-12-2)7(10)13-8/h6H,3-5H2,1-2H3/t6-/m1/s1. The summed E-state index contributed by atoms with van der Waals surface area (Å²) < 4.78 is 5.17. The zero-order chi connectivity index (χ0) is 9.68. The van der Waals surface area contributed by atoms with E-state index in [1.54, 1.807) is 11.8 Å². The van der Waals surface area contributed by atoms with Crippen LogP contribution in [0.4, 0.5) is 0 Å². The first-order valence-electron chi connectivity index (χ1n) is 4.19. The molecule has 0 saturated heterocycles. The van der Waals surface area contributed by atoms with Gasteiger partial charge in [0.15, 0.2) is 0 Å². The van der Waals surface area contributed by atoms with Gasteiger partial charge in [0, 0.05) is 11.8 Å². The second-order valence-corrected chi connectivity index (χ2v) is 4.49. The summed E-state index contributed by atoms with van der Waals surface area (Å²) in [7, 11) is 0. The van der Waals surface area contributed by atoms with E-state index in [4.69, 9.17) is 4.74 Å². The molecule has 1 rings (SSSR count). The van der Waals surface area contributed by atoms with E-state index >= 15 is 0 Å². The summed E-state index contributed by atoms with van der Waals surface area (Å²) in [4.78, 5) is 15.5. The molecule has 1 atom stereocenters. The van der Waals surface area contributed by atoms with Crippen molar-refractivity contribution in [3.63, 3.8) is 0 Å². The number of carbonyl (C=O) groups excluding carboxylic acids is 1. The highest BCUT2D eigenvalue weighted by Gasteiger charge is 2.28. The van der Waals surface area contributed by atoms with Crippen LogP contribution in [0.3, 0.4) is 0 Å². The number of thioether (sulfide) groups is 2. The van der Waals surface area contributed by atoms with Gasteiger partial charge in [-0.25, -0.2) is 4.99 Å². The summed E-state index contributed by atoms with van der Waals surface area (Å²) in [6.45, 7) is 2.47. The number of rotatable bonds is 4. The molecule has 13 heavy (non-hydrogen) atoms. The average Bonchev–Trinajstić information content (AvgIpc) is 2.44. The monoisotopic (exact) mass is 219 g/mol. The van der Waals surface area contributed by atoms with Crippen molar-refractivity contribution in [1.29, 1.82) is 0 Å². The highest BCUT2D eigenvalue weighted by Crippen LogP contribution is 2.23. The summed E-state index contributed by atoms with van der Waals surface area (Å²) in [6, 6.07) is -0.168. The van der Waals surface area contributed by atoms with Crippen molar-refractivity contribution < 1.29 is 9.53 Å². The number of aliphatic imine (C=N–C) groups is 1. The van der Waals surface area contributed by atoms with Gasteiger partial charge in [0.2, 0.25) is 5.12 Å². The third kappa shape index (κ3) is 3.23. The molecule has 5 heteroatoms. The second kappa shape index (κ2) is 5.54. The quantitative estimate of drug-likeness (QED) is 0.722. The molecule has 0 aromatic carbocycles. The molecular formula is C8H13NO2S2. The van der Waals surface area contributed by atoms with Crippen molar-refractivity contribution in [2.24, 2.45) is 4.99 Å². The van der Waals surface area contributed by atoms with Gasteiger partial charge in [0.05, 0.1) is 6.61 Å². The molecular weight excluding hydrogens is 206 g/mol. The molecule has 1 heterocycles. The van der Waals surface area contributed by atoms with E-state index in [0.717, 1.165) is 23.9 Å². The van der Waals surface area contributed by atoms with Gasteiger partial charge < -0.3 is 4.74 Å². The molecule has 0 N–H and O–H groups in total. The minimum absolute atomic E-state index is 0.123. The van der Waals surface area contributed by atoms with Crippen LogP contribution in [0.5, 0.6) is 0 Å². The molecule has 0 aliphatic carbocycles. The molecule has 0 aromatic heterocycles. The fourth-order valence-electron chi connectivity index (χ4n) is 0.962. The van der Waals surface area contributed by atoms with Gasteiger partial charge in [0.1, 0.15) is 6.04 Å². The van der Waals surface area contributed by atoms with Crippen molar-refractivity contribution >= 4 is 33.9 Å². The van der Waals surface area contributed by atoms with Gasteiger partial charge in [-0.2, -0.15) is 11.8 Å². The average molecular weight is 219 g/mol. The first-order chi connectivity index (χ1) is 6.27. The predicted molar refractivity (Wildman–Crippen MR) is 58.4 cm³/mol. The van der Waals surface area contributed by atoms with Crippen LogP contribution in [-0.2, 0) is 9.53 Å². The van der Waals surface area contributed by atoms with Crippen LogP contribution >= 0.6 is 23.5 Å². The summed E-state index contributed by atoms with van der Waals surface area (Å²) in [5.41, 5.74) is 0. The third-order valence-electron chi connectivity index (χ3n) is 1.58. The molecule has 0 aromatic rings. The van der Waals surface area contributed by atoms with Crippen molar-refractivity contribution in [3.05, 3.63) is 0 Å². The maximum atomic E-state index is 11.3. The number of hydrogen-bond donors (Lipinski definition) is 0. The molecule has 1 aliphatic rings. The molecule has 0 saturated carbocycles. The maximum Gasteiger partial charge on any atom is 0.254 e. The topological polar surface area (TPSA) is 38.7 Å². The Hall–Kier alpha value is -0.160. The fourth-order valence-corrected chi connectivity index (χ4v) is 2.26. The van der Waals surface area contributed by atoms with Crippen LogP contribution in [0, 0.1) is 0 Å². The number of nitrogens with zero attached hydrogens (tertiary/aromatic N) is 1. The van der Waals surface area contributed by atoms with Gasteiger partial charge in [-0.1, -0.05) is 0 Å². The van der Waals surface area contributed by atoms with E-state index in [0.29, 0.717) is 11.8 Å². The van der Waals surface area contributed by atoms with Crippen LogP contribution in [0.2, 0.25) is 0 Å². The highest BCUT2D eigenvalue weighted by atomic mass is 32.2. The summed E-state index contributed by atoms with van der Waals surface area (Å²) in [5, 5.41) is 0.663. The van der Waals surface area contributed by atoms with E-state index in [9.17, 15) is 4.79 Å². The first-order valence-corrected chi connectivity index (χ1v) is 6.40. The largest absolute Gasteiger partial charge is 0.473 e. The Bertz CT molecular complexity index is 218. The molecule has 1 aliphatic heterocycles. The Labute approximate surface area is 86.7 Å². The lowest BCUT2D eigenvalue weighted by molar-refractivity contribution is -0.111. The van der Waals surface area contributed by atoms with Gasteiger partial charge in [0.25, 0.3) is 5.23 Å². The van der Waals surface area contributed by atoms with Crippen molar-refractivity contribution in [2.75, 3.05) is 18.6 Å². The normalized spacial score (nSPS) is 21.8. The molecule has 0 radical (unpaired) electrons. The molecule has 0 unspecified atom stereocenters. The van der Waals surface area contributed by atoms with Crippen molar-refractivity contribution in [2.45, 2.75) is 19.4 Å². The van der Waals surface area contributed by atoms with Crippen LogP contribution in [0.1, 0.15) is 13.3 Å². The molecule has 0 spiro atoms. The lowest BCUT2D eigenvalue weighted by atomic mass is 10.3. The predicted octanol–water partition coefficient (Wildman–Crippen LogP) is 1.77. The van der Waals surface area contributed by atoms with Crippen LogP contribution in [-0.4, -0.2) is 35.0 Å². The van der Waals surface area contributed by atoms with Crippen LogP contribution in [0.25, 0.3) is 0 Å². The van der Waals surface area contributed by atoms with E-state index in [-0.39, 0.29) is 11.2 Å². The molecule has 0 fully saturated rings.